The highest BCUT2D eigenvalue weighted by atomic mass is 16.5. The molecule has 0 spiro atoms. The van der Waals surface area contributed by atoms with Crippen molar-refractivity contribution in [2.24, 2.45) is 5.73 Å². The van der Waals surface area contributed by atoms with Crippen LogP contribution in [0.25, 0.3) is 0 Å². The van der Waals surface area contributed by atoms with E-state index in [4.69, 9.17) is 10.5 Å². The van der Waals surface area contributed by atoms with Gasteiger partial charge in [-0.25, -0.2) is 0 Å². The second kappa shape index (κ2) is 5.88. The van der Waals surface area contributed by atoms with Gasteiger partial charge in [0.1, 0.15) is 0 Å². The lowest BCUT2D eigenvalue weighted by atomic mass is 10.0. The van der Waals surface area contributed by atoms with Crippen molar-refractivity contribution in [2.45, 2.75) is 45.4 Å². The van der Waals surface area contributed by atoms with Crippen LogP contribution in [0.2, 0.25) is 0 Å². The summed E-state index contributed by atoms with van der Waals surface area (Å²) in [5.74, 6) is 0. The van der Waals surface area contributed by atoms with Crippen molar-refractivity contribution >= 4 is 0 Å². The van der Waals surface area contributed by atoms with Crippen molar-refractivity contribution in [1.82, 2.24) is 9.78 Å². The van der Waals surface area contributed by atoms with E-state index in [1.807, 2.05) is 17.1 Å². The minimum absolute atomic E-state index is 0.0505. The predicted octanol–water partition coefficient (Wildman–Crippen LogP) is 1.20. The summed E-state index contributed by atoms with van der Waals surface area (Å²) < 4.78 is 7.23. The molecule has 0 saturated heterocycles. The van der Waals surface area contributed by atoms with Gasteiger partial charge in [0, 0.05) is 25.9 Å². The summed E-state index contributed by atoms with van der Waals surface area (Å²) >= 11 is 0. The molecule has 0 aliphatic carbocycles. The number of ether oxygens (including phenoxy) is 1. The molecule has 4 nitrogen and oxygen atoms in total. The largest absolute Gasteiger partial charge is 0.380 e. The minimum Gasteiger partial charge on any atom is -0.380 e. The Bertz CT molecular complexity index is 281. The fourth-order valence-corrected chi connectivity index (χ4v) is 1.73. The Balaban J connectivity index is 2.53. The van der Waals surface area contributed by atoms with E-state index in [2.05, 4.69) is 18.9 Å². The molecule has 4 heteroatoms. The van der Waals surface area contributed by atoms with Crippen LogP contribution < -0.4 is 5.73 Å². The van der Waals surface area contributed by atoms with E-state index in [1.165, 1.54) is 5.56 Å². The van der Waals surface area contributed by atoms with E-state index in [-0.39, 0.29) is 12.1 Å². The van der Waals surface area contributed by atoms with Crippen molar-refractivity contribution in [3.05, 3.63) is 18.0 Å². The molecule has 0 bridgehead atoms. The van der Waals surface area contributed by atoms with Crippen LogP contribution in [-0.4, -0.2) is 29.0 Å². The van der Waals surface area contributed by atoms with E-state index < -0.39 is 0 Å². The smallest absolute Gasteiger partial charge is 0.0722 e. The summed E-state index contributed by atoms with van der Waals surface area (Å²) in [6, 6.07) is 0.0505. The number of rotatable bonds is 6. The summed E-state index contributed by atoms with van der Waals surface area (Å²) in [4.78, 5) is 0. The van der Waals surface area contributed by atoms with E-state index in [0.29, 0.717) is 0 Å². The van der Waals surface area contributed by atoms with Gasteiger partial charge < -0.3 is 10.5 Å². The molecular formula is C11H21N3O. The Morgan fingerprint density at radius 3 is 2.73 bits per heavy atom. The van der Waals surface area contributed by atoms with Crippen molar-refractivity contribution in [2.75, 3.05) is 7.11 Å². The summed E-state index contributed by atoms with van der Waals surface area (Å²) in [6.07, 6.45) is 5.83. The van der Waals surface area contributed by atoms with Crippen LogP contribution in [0, 0.1) is 0 Å². The van der Waals surface area contributed by atoms with Crippen LogP contribution in [0.15, 0.2) is 12.4 Å². The fraction of sp³-hybridized carbons (Fsp3) is 0.727. The van der Waals surface area contributed by atoms with Crippen LogP contribution in [0.4, 0.5) is 0 Å². The van der Waals surface area contributed by atoms with Crippen LogP contribution in [0.3, 0.4) is 0 Å². The maximum atomic E-state index is 6.06. The first kappa shape index (κ1) is 12.2. The van der Waals surface area contributed by atoms with Gasteiger partial charge in [-0.15, -0.1) is 0 Å². The van der Waals surface area contributed by atoms with Crippen LogP contribution in [0.5, 0.6) is 0 Å². The molecular weight excluding hydrogens is 190 g/mol. The topological polar surface area (TPSA) is 53.1 Å². The van der Waals surface area contributed by atoms with E-state index in [0.717, 1.165) is 19.4 Å². The van der Waals surface area contributed by atoms with Gasteiger partial charge in [0.2, 0.25) is 0 Å². The molecule has 0 aliphatic heterocycles. The average molecular weight is 211 g/mol. The molecule has 0 aromatic carbocycles. The monoisotopic (exact) mass is 211 g/mol. The first-order chi connectivity index (χ1) is 7.21. The normalized spacial score (nSPS) is 15.2. The molecule has 0 radical (unpaired) electrons. The van der Waals surface area contributed by atoms with Crippen LogP contribution in [0.1, 0.15) is 25.8 Å². The molecule has 0 aliphatic rings. The Hall–Kier alpha value is -0.870. The highest BCUT2D eigenvalue weighted by Crippen LogP contribution is 2.08. The first-order valence-corrected chi connectivity index (χ1v) is 5.50. The van der Waals surface area contributed by atoms with Gasteiger partial charge in [-0.05, 0) is 25.3 Å². The molecule has 0 amide bonds. The number of aryl methyl sites for hydroxylation is 1. The fourth-order valence-electron chi connectivity index (χ4n) is 1.73. The van der Waals surface area contributed by atoms with E-state index >= 15 is 0 Å². The molecule has 1 rings (SSSR count). The third-order valence-electron chi connectivity index (χ3n) is 2.66. The number of nitrogens with zero attached hydrogens (tertiary/aromatic N) is 2. The zero-order chi connectivity index (χ0) is 11.3. The minimum atomic E-state index is 0.0505. The molecule has 2 N–H and O–H groups in total. The number of nitrogens with two attached hydrogens (primary N) is 1. The highest BCUT2D eigenvalue weighted by Gasteiger charge is 2.16. The van der Waals surface area contributed by atoms with Crippen LogP contribution >= 0.6 is 0 Å². The zero-order valence-corrected chi connectivity index (χ0v) is 9.81. The van der Waals surface area contributed by atoms with E-state index in [1.54, 1.807) is 7.11 Å². The van der Waals surface area contributed by atoms with Gasteiger partial charge in [-0.2, -0.15) is 5.10 Å². The third-order valence-corrected chi connectivity index (χ3v) is 2.66. The summed E-state index contributed by atoms with van der Waals surface area (Å²) in [5, 5.41) is 4.22. The van der Waals surface area contributed by atoms with Gasteiger partial charge >= 0.3 is 0 Å². The molecule has 15 heavy (non-hydrogen) atoms. The molecule has 0 saturated carbocycles. The number of hydrogen-bond donors (Lipinski definition) is 1. The second-order valence-electron chi connectivity index (χ2n) is 3.75. The quantitative estimate of drug-likeness (QED) is 0.769. The third kappa shape index (κ3) is 3.32. The lowest BCUT2D eigenvalue weighted by Gasteiger charge is -2.20. The molecule has 1 aromatic rings. The first-order valence-electron chi connectivity index (χ1n) is 5.50. The summed E-state index contributed by atoms with van der Waals surface area (Å²) in [5.41, 5.74) is 7.24. The highest BCUT2D eigenvalue weighted by molar-refractivity contribution is 5.06. The predicted molar refractivity (Wildman–Crippen MR) is 60.7 cm³/mol. The maximum Gasteiger partial charge on any atom is 0.0722 e. The van der Waals surface area contributed by atoms with Gasteiger partial charge in [0.15, 0.2) is 0 Å². The molecule has 86 valence electrons. The van der Waals surface area contributed by atoms with Crippen molar-refractivity contribution < 1.29 is 4.74 Å². The number of aromatic nitrogens is 2. The Labute approximate surface area is 91.4 Å². The van der Waals surface area contributed by atoms with Gasteiger partial charge in [-0.3, -0.25) is 4.68 Å². The Morgan fingerprint density at radius 1 is 1.53 bits per heavy atom. The lowest BCUT2D eigenvalue weighted by molar-refractivity contribution is 0.0773. The molecule has 1 aromatic heterocycles. The lowest BCUT2D eigenvalue weighted by Crippen LogP contribution is -2.37. The van der Waals surface area contributed by atoms with Crippen molar-refractivity contribution in [3.8, 4) is 0 Å². The number of methoxy groups -OCH3 is 1. The summed E-state index contributed by atoms with van der Waals surface area (Å²) in [6.45, 7) is 5.06. The van der Waals surface area contributed by atoms with Crippen molar-refractivity contribution in [3.63, 3.8) is 0 Å². The maximum absolute atomic E-state index is 6.06. The molecule has 2 atom stereocenters. The summed E-state index contributed by atoms with van der Waals surface area (Å²) in [7, 11) is 1.71. The molecule has 0 fully saturated rings. The Kier molecular flexibility index (Phi) is 4.78. The number of hydrogen-bond acceptors (Lipinski definition) is 3. The van der Waals surface area contributed by atoms with E-state index in [9.17, 15) is 0 Å². The Morgan fingerprint density at radius 2 is 2.27 bits per heavy atom. The van der Waals surface area contributed by atoms with Gasteiger partial charge in [0.05, 0.1) is 12.3 Å². The van der Waals surface area contributed by atoms with Gasteiger partial charge in [0.25, 0.3) is 0 Å². The second-order valence-corrected chi connectivity index (χ2v) is 3.75. The molecule has 1 heterocycles. The average Bonchev–Trinajstić information content (AvgIpc) is 2.67. The standard InChI is InChI=1S/C11H21N3O/c1-4-11(15-3)10(12)6-9-7-13-14(5-2)8-9/h7-8,10-11H,4-6,12H2,1-3H3. The van der Waals surface area contributed by atoms with Crippen LogP contribution in [-0.2, 0) is 17.7 Å². The zero-order valence-electron chi connectivity index (χ0n) is 9.81. The van der Waals surface area contributed by atoms with Gasteiger partial charge in [-0.1, -0.05) is 6.92 Å². The molecule has 2 unspecified atom stereocenters. The SMILES string of the molecule is CCC(OC)C(N)Cc1cnn(CC)c1. The van der Waals surface area contributed by atoms with Crippen molar-refractivity contribution in [1.29, 1.82) is 0 Å².